The molecule has 162 valence electrons. The second-order valence-electron chi connectivity index (χ2n) is 7.34. The molecule has 2 N–H and O–H groups in total. The molecule has 2 aromatic heterocycles. The van der Waals surface area contributed by atoms with Crippen molar-refractivity contribution >= 4 is 16.9 Å². The predicted octanol–water partition coefficient (Wildman–Crippen LogP) is 4.85. The summed E-state index contributed by atoms with van der Waals surface area (Å²) in [6.07, 6.45) is -1.48. The number of aryl methyl sites for hydroxylation is 1. The Hall–Kier alpha value is -3.94. The second kappa shape index (κ2) is 8.30. The van der Waals surface area contributed by atoms with Crippen LogP contribution in [0.5, 0.6) is 0 Å². The number of fused-ring (bicyclic) bond motifs is 1. The number of halogens is 3. The van der Waals surface area contributed by atoms with Gasteiger partial charge in [-0.2, -0.15) is 13.2 Å². The zero-order chi connectivity index (χ0) is 22.9. The van der Waals surface area contributed by atoms with Gasteiger partial charge in [0.2, 0.25) is 5.43 Å². The first-order valence-electron chi connectivity index (χ1n) is 9.76. The summed E-state index contributed by atoms with van der Waals surface area (Å²) < 4.78 is 38.0. The molecule has 2 heterocycles. The van der Waals surface area contributed by atoms with Crippen LogP contribution in [0.3, 0.4) is 0 Å². The molecule has 0 atom stereocenters. The van der Waals surface area contributed by atoms with E-state index in [1.165, 1.54) is 18.3 Å². The smallest absolute Gasteiger partial charge is 0.348 e. The molecular weight excluding hydrogens is 419 g/mol. The molecule has 0 aliphatic heterocycles. The topological polar surface area (TPSA) is 74.8 Å². The number of pyridine rings is 2. The van der Waals surface area contributed by atoms with Gasteiger partial charge in [0.15, 0.2) is 0 Å². The summed E-state index contributed by atoms with van der Waals surface area (Å²) >= 11 is 0. The van der Waals surface area contributed by atoms with Crippen molar-refractivity contribution in [2.45, 2.75) is 19.6 Å². The minimum Gasteiger partial charge on any atom is -0.348 e. The van der Waals surface area contributed by atoms with E-state index in [1.54, 1.807) is 12.3 Å². The molecule has 0 radical (unpaired) electrons. The number of carbonyl (C=O) groups excluding carboxylic acids is 1. The van der Waals surface area contributed by atoms with Gasteiger partial charge in [-0.25, -0.2) is 4.98 Å². The molecule has 4 rings (SSSR count). The fraction of sp³-hybridized carbons (Fsp3) is 0.125. The van der Waals surface area contributed by atoms with E-state index >= 15 is 0 Å². The monoisotopic (exact) mass is 437 g/mol. The normalized spacial score (nSPS) is 11.5. The summed E-state index contributed by atoms with van der Waals surface area (Å²) in [5, 5.41) is 2.85. The fourth-order valence-corrected chi connectivity index (χ4v) is 3.41. The molecule has 0 aliphatic rings. The number of nitrogens with one attached hydrogen (secondary N) is 2. The molecule has 5 nitrogen and oxygen atoms in total. The first-order chi connectivity index (χ1) is 15.2. The van der Waals surface area contributed by atoms with E-state index in [9.17, 15) is 22.8 Å². The molecule has 2 aromatic carbocycles. The van der Waals surface area contributed by atoms with Crippen molar-refractivity contribution in [3.8, 4) is 11.1 Å². The van der Waals surface area contributed by atoms with Crippen LogP contribution in [0, 0.1) is 6.92 Å². The highest BCUT2D eigenvalue weighted by atomic mass is 19.4. The average Bonchev–Trinajstić information content (AvgIpc) is 2.78. The van der Waals surface area contributed by atoms with Crippen molar-refractivity contribution in [1.82, 2.24) is 15.3 Å². The third kappa shape index (κ3) is 4.25. The van der Waals surface area contributed by atoms with Gasteiger partial charge in [0.1, 0.15) is 11.2 Å². The van der Waals surface area contributed by atoms with Crippen LogP contribution in [0.25, 0.3) is 22.2 Å². The average molecular weight is 437 g/mol. The molecule has 8 heteroatoms. The second-order valence-corrected chi connectivity index (χ2v) is 7.34. The van der Waals surface area contributed by atoms with Crippen molar-refractivity contribution in [3.63, 3.8) is 0 Å². The van der Waals surface area contributed by atoms with Gasteiger partial charge in [-0.05, 0) is 41.8 Å². The fourth-order valence-electron chi connectivity index (χ4n) is 3.41. The van der Waals surface area contributed by atoms with Crippen LogP contribution in [0.1, 0.15) is 27.0 Å². The summed E-state index contributed by atoms with van der Waals surface area (Å²) in [5.74, 6) is -0.630. The third-order valence-corrected chi connectivity index (χ3v) is 5.17. The highest BCUT2D eigenvalue weighted by molar-refractivity contribution is 5.97. The molecule has 1 amide bonds. The third-order valence-electron chi connectivity index (χ3n) is 5.17. The zero-order valence-electron chi connectivity index (χ0n) is 17.0. The number of nitrogens with zero attached hydrogens (tertiary/aromatic N) is 1. The molecule has 0 unspecified atom stereocenters. The van der Waals surface area contributed by atoms with Crippen LogP contribution >= 0.6 is 0 Å². The van der Waals surface area contributed by atoms with Crippen LogP contribution in [0.2, 0.25) is 0 Å². The number of amides is 1. The number of hydrogen-bond acceptors (Lipinski definition) is 3. The van der Waals surface area contributed by atoms with Gasteiger partial charge in [0, 0.05) is 24.5 Å². The van der Waals surface area contributed by atoms with E-state index in [0.29, 0.717) is 11.2 Å². The summed E-state index contributed by atoms with van der Waals surface area (Å²) in [6.45, 7) is 1.94. The Labute approximate surface area is 180 Å². The number of aromatic amines is 1. The van der Waals surface area contributed by atoms with E-state index in [0.717, 1.165) is 28.8 Å². The highest BCUT2D eigenvalue weighted by Gasteiger charge is 2.29. The van der Waals surface area contributed by atoms with Crippen molar-refractivity contribution in [3.05, 3.63) is 99.5 Å². The lowest BCUT2D eigenvalue weighted by Gasteiger charge is -2.09. The molecule has 0 aliphatic carbocycles. The van der Waals surface area contributed by atoms with Gasteiger partial charge in [0.05, 0.1) is 10.9 Å². The summed E-state index contributed by atoms with van der Waals surface area (Å²) in [4.78, 5) is 32.7. The minimum absolute atomic E-state index is 0.0179. The maximum atomic E-state index is 13.0. The molecule has 0 saturated heterocycles. The predicted molar refractivity (Wildman–Crippen MR) is 115 cm³/mol. The summed E-state index contributed by atoms with van der Waals surface area (Å²) in [7, 11) is 0. The SMILES string of the molecule is Cc1ccccc1-c1cnc2[nH]cc(C(=O)NCc3ccc(C(F)(F)F)cc3)c(=O)c2c1. The number of rotatable bonds is 4. The van der Waals surface area contributed by atoms with Crippen LogP contribution in [0.15, 0.2) is 71.8 Å². The van der Waals surface area contributed by atoms with E-state index in [1.807, 2.05) is 31.2 Å². The van der Waals surface area contributed by atoms with Crippen molar-refractivity contribution in [1.29, 1.82) is 0 Å². The lowest BCUT2D eigenvalue weighted by Crippen LogP contribution is -2.28. The molecule has 0 saturated carbocycles. The Bertz CT molecular complexity index is 1360. The lowest BCUT2D eigenvalue weighted by molar-refractivity contribution is -0.137. The molecule has 0 spiro atoms. The van der Waals surface area contributed by atoms with Gasteiger partial charge < -0.3 is 10.3 Å². The Morgan fingerprint density at radius 2 is 1.81 bits per heavy atom. The van der Waals surface area contributed by atoms with Crippen LogP contribution in [0.4, 0.5) is 13.2 Å². The maximum absolute atomic E-state index is 13.0. The van der Waals surface area contributed by atoms with E-state index in [2.05, 4.69) is 15.3 Å². The molecule has 0 bridgehead atoms. The Morgan fingerprint density at radius 1 is 1.09 bits per heavy atom. The van der Waals surface area contributed by atoms with Crippen LogP contribution in [-0.4, -0.2) is 15.9 Å². The molecule has 32 heavy (non-hydrogen) atoms. The van der Waals surface area contributed by atoms with Gasteiger partial charge in [-0.3, -0.25) is 9.59 Å². The van der Waals surface area contributed by atoms with Crippen molar-refractivity contribution in [2.75, 3.05) is 0 Å². The summed E-state index contributed by atoms with van der Waals surface area (Å²) in [6, 6.07) is 13.8. The van der Waals surface area contributed by atoms with Gasteiger partial charge in [-0.15, -0.1) is 0 Å². The Balaban J connectivity index is 1.58. The lowest BCUT2D eigenvalue weighted by atomic mass is 10.0. The zero-order valence-corrected chi connectivity index (χ0v) is 17.0. The van der Waals surface area contributed by atoms with Crippen LogP contribution < -0.4 is 10.7 Å². The first-order valence-corrected chi connectivity index (χ1v) is 9.76. The maximum Gasteiger partial charge on any atom is 0.416 e. The van der Waals surface area contributed by atoms with E-state index in [-0.39, 0.29) is 17.5 Å². The number of carbonyl (C=O) groups is 1. The number of aromatic nitrogens is 2. The number of H-pyrrole nitrogens is 1. The van der Waals surface area contributed by atoms with Gasteiger partial charge in [-0.1, -0.05) is 36.4 Å². The summed E-state index contributed by atoms with van der Waals surface area (Å²) in [5.41, 5.74) is 2.19. The largest absolute Gasteiger partial charge is 0.416 e. The molecule has 0 fully saturated rings. The van der Waals surface area contributed by atoms with E-state index < -0.39 is 23.1 Å². The highest BCUT2D eigenvalue weighted by Crippen LogP contribution is 2.29. The minimum atomic E-state index is -4.43. The molecule has 4 aromatic rings. The Kier molecular flexibility index (Phi) is 5.52. The number of alkyl halides is 3. The van der Waals surface area contributed by atoms with E-state index in [4.69, 9.17) is 0 Å². The quantitative estimate of drug-likeness (QED) is 0.480. The number of benzene rings is 2. The Morgan fingerprint density at radius 3 is 2.50 bits per heavy atom. The van der Waals surface area contributed by atoms with Gasteiger partial charge >= 0.3 is 6.18 Å². The molecular formula is C24H18F3N3O2. The number of hydrogen-bond donors (Lipinski definition) is 2. The van der Waals surface area contributed by atoms with Crippen LogP contribution in [-0.2, 0) is 12.7 Å². The van der Waals surface area contributed by atoms with Gasteiger partial charge in [0.25, 0.3) is 5.91 Å². The van der Waals surface area contributed by atoms with Crippen molar-refractivity contribution < 1.29 is 18.0 Å². The van der Waals surface area contributed by atoms with Crippen molar-refractivity contribution in [2.24, 2.45) is 0 Å². The first kappa shape index (κ1) is 21.3. The standard InChI is InChI=1S/C24H18F3N3O2/c1-14-4-2-3-5-18(14)16-10-19-21(31)20(13-29-22(19)28-12-16)23(32)30-11-15-6-8-17(9-7-15)24(25,26)27/h2-10,12-13H,11H2,1H3,(H,30,32)(H,28,29,31).